The summed E-state index contributed by atoms with van der Waals surface area (Å²) in [7, 11) is 0. The van der Waals surface area contributed by atoms with E-state index in [1.165, 1.54) is 244 Å². The fourth-order valence-electron chi connectivity index (χ4n) is 8.45. The normalized spacial score (nSPS) is 13.1. The van der Waals surface area contributed by atoms with E-state index in [4.69, 9.17) is 0 Å². The number of carbonyl (C=O) groups is 1. The summed E-state index contributed by atoms with van der Waals surface area (Å²) in [5.41, 5.74) is 0. The van der Waals surface area contributed by atoms with E-state index in [0.29, 0.717) is 6.42 Å². The highest BCUT2D eigenvalue weighted by Gasteiger charge is 2.18. The number of hydrogen-bond donors (Lipinski definition) is 3. The van der Waals surface area contributed by atoms with E-state index < -0.39 is 12.1 Å². The van der Waals surface area contributed by atoms with Crippen molar-refractivity contribution in [1.29, 1.82) is 0 Å². The Hall–Kier alpha value is -1.39. The predicted octanol–water partition coefficient (Wildman–Crippen LogP) is 17.7. The zero-order valence-electron chi connectivity index (χ0n) is 40.7. The Labute approximate surface area is 376 Å². The van der Waals surface area contributed by atoms with Crippen LogP contribution in [0.2, 0.25) is 0 Å². The summed E-state index contributed by atoms with van der Waals surface area (Å²) >= 11 is 0. The molecule has 1 amide bonds. The van der Waals surface area contributed by atoms with Gasteiger partial charge in [0.05, 0.1) is 18.8 Å². The molecule has 4 nitrogen and oxygen atoms in total. The molecule has 60 heavy (non-hydrogen) atoms. The molecule has 0 aromatic carbocycles. The first-order valence-corrected chi connectivity index (χ1v) is 27.2. The van der Waals surface area contributed by atoms with E-state index in [-0.39, 0.29) is 12.5 Å². The van der Waals surface area contributed by atoms with E-state index in [1.54, 1.807) is 6.08 Å². The van der Waals surface area contributed by atoms with Crippen LogP contribution in [-0.2, 0) is 4.79 Å². The smallest absolute Gasteiger partial charge is 0.220 e. The van der Waals surface area contributed by atoms with Gasteiger partial charge in [-0.25, -0.2) is 0 Å². The number of aliphatic hydroxyl groups is 2. The van der Waals surface area contributed by atoms with E-state index in [2.05, 4.69) is 43.5 Å². The lowest BCUT2D eigenvalue weighted by molar-refractivity contribution is -0.123. The summed E-state index contributed by atoms with van der Waals surface area (Å²) in [6, 6.07) is -0.622. The Balaban J connectivity index is 3.49. The molecule has 4 heteroatoms. The molecular weight excluding hydrogens is 735 g/mol. The molecule has 0 saturated heterocycles. The van der Waals surface area contributed by atoms with Gasteiger partial charge in [0.1, 0.15) is 0 Å². The molecule has 0 radical (unpaired) electrons. The summed E-state index contributed by atoms with van der Waals surface area (Å²) in [5.74, 6) is -0.0603. The van der Waals surface area contributed by atoms with Crippen molar-refractivity contribution in [2.45, 2.75) is 309 Å². The number of nitrogens with one attached hydrogen (secondary N) is 1. The van der Waals surface area contributed by atoms with Crippen molar-refractivity contribution >= 4 is 5.91 Å². The van der Waals surface area contributed by atoms with Crippen LogP contribution in [0.5, 0.6) is 0 Å². The van der Waals surface area contributed by atoms with Crippen LogP contribution in [0.4, 0.5) is 0 Å². The van der Waals surface area contributed by atoms with Crippen LogP contribution in [0, 0.1) is 0 Å². The molecule has 3 N–H and O–H groups in total. The van der Waals surface area contributed by atoms with Gasteiger partial charge in [-0.3, -0.25) is 4.79 Å². The van der Waals surface area contributed by atoms with Crippen molar-refractivity contribution in [3.8, 4) is 0 Å². The quantitative estimate of drug-likeness (QED) is 0.0422. The molecule has 0 fully saturated rings. The zero-order chi connectivity index (χ0) is 43.5. The molecule has 2 atom stereocenters. The van der Waals surface area contributed by atoms with Crippen molar-refractivity contribution in [1.82, 2.24) is 5.32 Å². The maximum absolute atomic E-state index is 12.5. The van der Waals surface area contributed by atoms with Gasteiger partial charge in [-0.1, -0.05) is 275 Å². The fraction of sp³-hybridized carbons (Fsp3) is 0.875. The SMILES string of the molecule is CCCCCCC/C=C\C/C=C\CCCCCCCCCCCCCCCCCC(=O)NC(CO)C(O)/C=C/CCCCCCCCCCCCCCCCCCCCC. The average Bonchev–Trinajstić information content (AvgIpc) is 3.25. The average molecular weight is 842 g/mol. The van der Waals surface area contributed by atoms with Crippen LogP contribution < -0.4 is 5.32 Å². The highest BCUT2D eigenvalue weighted by Crippen LogP contribution is 2.17. The standard InChI is InChI=1S/C56H107NO3/c1-3-5-7-9-11-13-15-17-19-21-23-25-26-27-28-29-30-32-34-36-38-40-42-44-46-48-50-52-56(60)57-54(53-58)55(59)51-49-47-45-43-41-39-37-35-33-31-24-22-20-18-16-14-12-10-8-6-4-2/h15,17,21,23,49,51,54-55,58-59H,3-14,16,18-20,22,24-48,50,52-53H2,1-2H3,(H,57,60)/b17-15-,23-21-,51-49+. The molecule has 0 bridgehead atoms. The third-order valence-corrected chi connectivity index (χ3v) is 12.6. The summed E-state index contributed by atoms with van der Waals surface area (Å²) in [4.78, 5) is 12.5. The predicted molar refractivity (Wildman–Crippen MR) is 267 cm³/mol. The monoisotopic (exact) mass is 842 g/mol. The molecule has 2 unspecified atom stereocenters. The Morgan fingerprint density at radius 1 is 0.400 bits per heavy atom. The van der Waals surface area contributed by atoms with Gasteiger partial charge in [0.15, 0.2) is 0 Å². The Morgan fingerprint density at radius 3 is 1.00 bits per heavy atom. The number of rotatable bonds is 50. The second-order valence-corrected chi connectivity index (χ2v) is 18.7. The van der Waals surface area contributed by atoms with Crippen molar-refractivity contribution in [3.05, 3.63) is 36.5 Å². The zero-order valence-corrected chi connectivity index (χ0v) is 40.7. The van der Waals surface area contributed by atoms with Gasteiger partial charge >= 0.3 is 0 Å². The molecule has 0 aromatic heterocycles. The van der Waals surface area contributed by atoms with Crippen LogP contribution in [0.3, 0.4) is 0 Å². The molecule has 0 rings (SSSR count). The number of hydrogen-bond acceptors (Lipinski definition) is 3. The first-order chi connectivity index (χ1) is 29.7. The van der Waals surface area contributed by atoms with Crippen LogP contribution in [-0.4, -0.2) is 34.9 Å². The third-order valence-electron chi connectivity index (χ3n) is 12.6. The maximum atomic E-state index is 12.5. The first kappa shape index (κ1) is 58.6. The lowest BCUT2D eigenvalue weighted by Gasteiger charge is -2.20. The van der Waals surface area contributed by atoms with Gasteiger partial charge in [-0.15, -0.1) is 0 Å². The highest BCUT2D eigenvalue weighted by atomic mass is 16.3. The number of amides is 1. The summed E-state index contributed by atoms with van der Waals surface area (Å²) in [5, 5.41) is 23.2. The van der Waals surface area contributed by atoms with E-state index in [0.717, 1.165) is 32.1 Å². The summed E-state index contributed by atoms with van der Waals surface area (Å²) in [6.45, 7) is 4.33. The number of allylic oxidation sites excluding steroid dienone is 5. The largest absolute Gasteiger partial charge is 0.394 e. The molecular formula is C56H107NO3. The van der Waals surface area contributed by atoms with Gasteiger partial charge in [-0.05, 0) is 51.4 Å². The molecule has 0 spiro atoms. The Bertz CT molecular complexity index is 912. The van der Waals surface area contributed by atoms with Gasteiger partial charge in [0, 0.05) is 6.42 Å². The van der Waals surface area contributed by atoms with E-state index in [1.807, 2.05) is 6.08 Å². The minimum Gasteiger partial charge on any atom is -0.394 e. The first-order valence-electron chi connectivity index (χ1n) is 27.2. The molecule has 354 valence electrons. The van der Waals surface area contributed by atoms with Crippen LogP contribution in [0.1, 0.15) is 296 Å². The third kappa shape index (κ3) is 47.7. The Kier molecular flexibility index (Phi) is 50.8. The molecule has 0 aliphatic rings. The minimum absolute atomic E-state index is 0.0603. The Morgan fingerprint density at radius 2 is 0.683 bits per heavy atom. The topological polar surface area (TPSA) is 69.6 Å². The molecule has 0 aliphatic heterocycles. The van der Waals surface area contributed by atoms with Gasteiger partial charge in [0.2, 0.25) is 5.91 Å². The maximum Gasteiger partial charge on any atom is 0.220 e. The lowest BCUT2D eigenvalue weighted by atomic mass is 10.0. The van der Waals surface area contributed by atoms with Crippen molar-refractivity contribution in [3.63, 3.8) is 0 Å². The van der Waals surface area contributed by atoms with Crippen molar-refractivity contribution in [2.75, 3.05) is 6.61 Å². The lowest BCUT2D eigenvalue weighted by Crippen LogP contribution is -2.45. The van der Waals surface area contributed by atoms with Crippen molar-refractivity contribution < 1.29 is 15.0 Å². The fourth-order valence-corrected chi connectivity index (χ4v) is 8.45. The van der Waals surface area contributed by atoms with E-state index >= 15 is 0 Å². The van der Waals surface area contributed by atoms with Crippen LogP contribution >= 0.6 is 0 Å². The summed E-state index contributed by atoms with van der Waals surface area (Å²) in [6.07, 6.45) is 70.1. The highest BCUT2D eigenvalue weighted by molar-refractivity contribution is 5.76. The second kappa shape index (κ2) is 52.0. The molecule has 0 aliphatic carbocycles. The minimum atomic E-state index is -0.839. The molecule has 0 saturated carbocycles. The van der Waals surface area contributed by atoms with Crippen LogP contribution in [0.25, 0.3) is 0 Å². The number of unbranched alkanes of at least 4 members (excludes halogenated alkanes) is 39. The number of carbonyl (C=O) groups excluding carboxylic acids is 1. The van der Waals surface area contributed by atoms with Crippen molar-refractivity contribution in [2.24, 2.45) is 0 Å². The second-order valence-electron chi connectivity index (χ2n) is 18.7. The number of aliphatic hydroxyl groups excluding tert-OH is 2. The van der Waals surface area contributed by atoms with Gasteiger partial charge in [-0.2, -0.15) is 0 Å². The summed E-state index contributed by atoms with van der Waals surface area (Å²) < 4.78 is 0. The van der Waals surface area contributed by atoms with E-state index in [9.17, 15) is 15.0 Å². The van der Waals surface area contributed by atoms with Gasteiger partial charge < -0.3 is 15.5 Å². The molecule has 0 aromatic rings. The molecule has 0 heterocycles. The van der Waals surface area contributed by atoms with Gasteiger partial charge in [0.25, 0.3) is 0 Å². The van der Waals surface area contributed by atoms with Crippen LogP contribution in [0.15, 0.2) is 36.5 Å².